The summed E-state index contributed by atoms with van der Waals surface area (Å²) in [5, 5.41) is 9.64. The normalized spacial score (nSPS) is 13.4. The van der Waals surface area contributed by atoms with Gasteiger partial charge < -0.3 is 5.11 Å². The first kappa shape index (κ1) is 18.7. The summed E-state index contributed by atoms with van der Waals surface area (Å²) < 4.78 is 0.862. The second kappa shape index (κ2) is 8.97. The molecule has 24 heavy (non-hydrogen) atoms. The summed E-state index contributed by atoms with van der Waals surface area (Å²) >= 11 is 3.38. The van der Waals surface area contributed by atoms with Crippen molar-refractivity contribution in [1.82, 2.24) is 4.98 Å². The van der Waals surface area contributed by atoms with Crippen molar-refractivity contribution in [1.29, 1.82) is 0 Å². The largest absolute Gasteiger partial charge is 0.481 e. The summed E-state index contributed by atoms with van der Waals surface area (Å²) in [7, 11) is 0. The minimum absolute atomic E-state index is 0.580. The van der Waals surface area contributed by atoms with E-state index >= 15 is 0 Å². The fourth-order valence-electron chi connectivity index (χ4n) is 2.90. The molecule has 1 heterocycles. The topological polar surface area (TPSA) is 50.2 Å². The van der Waals surface area contributed by atoms with Crippen LogP contribution in [-0.2, 0) is 17.6 Å². The van der Waals surface area contributed by atoms with E-state index in [0.29, 0.717) is 12.8 Å². The Bertz CT molecular complexity index is 660. The number of hydrogen-bond donors (Lipinski definition) is 1. The maximum Gasteiger partial charge on any atom is 0.309 e. The van der Waals surface area contributed by atoms with Gasteiger partial charge in [0.1, 0.15) is 4.60 Å². The number of aliphatic carboxylic acids is 1. The summed E-state index contributed by atoms with van der Waals surface area (Å²) in [6.45, 7) is 1.86. The van der Waals surface area contributed by atoms with Crippen molar-refractivity contribution in [3.63, 3.8) is 0 Å². The Hall–Kier alpha value is -1.68. The minimum atomic E-state index is -0.708. The van der Waals surface area contributed by atoms with Crippen molar-refractivity contribution in [3.05, 3.63) is 64.4 Å². The molecule has 4 heteroatoms. The molecule has 0 aliphatic heterocycles. The number of carbonyl (C=O) groups is 1. The van der Waals surface area contributed by atoms with Gasteiger partial charge in [-0.05, 0) is 66.2 Å². The van der Waals surface area contributed by atoms with Gasteiger partial charge in [-0.15, -0.1) is 0 Å². The van der Waals surface area contributed by atoms with Crippen LogP contribution in [0, 0.1) is 5.41 Å². The standard InChI is InChI=1S/C20H24BrNO2/c1-20(19(23)24,15-16-9-4-2-5-10-16)14-7-3-6-11-17-12-8-13-18(21)22-17/h2,4-5,8-10,12-13H,3,6-7,11,14-15H2,1H3,(H,23,24). The molecule has 128 valence electrons. The highest BCUT2D eigenvalue weighted by Crippen LogP contribution is 2.29. The molecule has 0 bridgehead atoms. The molecule has 2 aromatic rings. The van der Waals surface area contributed by atoms with Gasteiger partial charge in [0.25, 0.3) is 0 Å². The predicted molar refractivity (Wildman–Crippen MR) is 100.0 cm³/mol. The Labute approximate surface area is 152 Å². The van der Waals surface area contributed by atoms with Crippen LogP contribution in [0.15, 0.2) is 53.1 Å². The fraction of sp³-hybridized carbons (Fsp3) is 0.400. The van der Waals surface area contributed by atoms with E-state index in [9.17, 15) is 9.90 Å². The maximum absolute atomic E-state index is 11.7. The number of aromatic nitrogens is 1. The van der Waals surface area contributed by atoms with Gasteiger partial charge in [-0.3, -0.25) is 4.79 Å². The molecule has 0 radical (unpaired) electrons. The van der Waals surface area contributed by atoms with E-state index in [0.717, 1.165) is 41.5 Å². The average molecular weight is 390 g/mol. The van der Waals surface area contributed by atoms with Gasteiger partial charge in [-0.25, -0.2) is 4.98 Å². The molecule has 0 aliphatic rings. The lowest BCUT2D eigenvalue weighted by molar-refractivity contribution is -0.148. The van der Waals surface area contributed by atoms with Crippen molar-refractivity contribution >= 4 is 21.9 Å². The first-order valence-corrected chi connectivity index (χ1v) is 9.18. The van der Waals surface area contributed by atoms with Crippen LogP contribution in [0.3, 0.4) is 0 Å². The number of carboxylic acids is 1. The van der Waals surface area contributed by atoms with Crippen molar-refractivity contribution < 1.29 is 9.90 Å². The van der Waals surface area contributed by atoms with Crippen LogP contribution in [0.2, 0.25) is 0 Å². The monoisotopic (exact) mass is 389 g/mol. The van der Waals surface area contributed by atoms with Crippen molar-refractivity contribution in [2.45, 2.75) is 45.4 Å². The van der Waals surface area contributed by atoms with Crippen LogP contribution >= 0.6 is 15.9 Å². The van der Waals surface area contributed by atoms with E-state index in [1.54, 1.807) is 0 Å². The lowest BCUT2D eigenvalue weighted by atomic mass is 9.79. The number of carboxylic acid groups (broad SMARTS) is 1. The molecule has 0 saturated carbocycles. The van der Waals surface area contributed by atoms with E-state index < -0.39 is 11.4 Å². The van der Waals surface area contributed by atoms with Crippen LogP contribution in [0.5, 0.6) is 0 Å². The summed E-state index contributed by atoms with van der Waals surface area (Å²) in [6.07, 6.45) is 5.18. The molecular weight excluding hydrogens is 366 g/mol. The van der Waals surface area contributed by atoms with Gasteiger partial charge >= 0.3 is 5.97 Å². The first-order valence-electron chi connectivity index (χ1n) is 8.38. The molecule has 1 aromatic carbocycles. The van der Waals surface area contributed by atoms with Crippen molar-refractivity contribution in [2.24, 2.45) is 5.41 Å². The molecule has 0 spiro atoms. The van der Waals surface area contributed by atoms with E-state index in [4.69, 9.17) is 0 Å². The number of rotatable bonds is 9. The number of aryl methyl sites for hydroxylation is 1. The van der Waals surface area contributed by atoms with Crippen molar-refractivity contribution in [3.8, 4) is 0 Å². The highest BCUT2D eigenvalue weighted by molar-refractivity contribution is 9.10. The van der Waals surface area contributed by atoms with Crippen LogP contribution in [0.4, 0.5) is 0 Å². The number of halogens is 1. The Morgan fingerprint density at radius 1 is 1.08 bits per heavy atom. The van der Waals surface area contributed by atoms with E-state index in [-0.39, 0.29) is 0 Å². The summed E-state index contributed by atoms with van der Waals surface area (Å²) in [5.41, 5.74) is 1.46. The van der Waals surface area contributed by atoms with Gasteiger partial charge in [-0.2, -0.15) is 0 Å². The highest BCUT2D eigenvalue weighted by atomic mass is 79.9. The quantitative estimate of drug-likeness (QED) is 0.468. The zero-order valence-electron chi connectivity index (χ0n) is 14.0. The fourth-order valence-corrected chi connectivity index (χ4v) is 3.29. The van der Waals surface area contributed by atoms with Gasteiger partial charge in [0.15, 0.2) is 0 Å². The number of unbranched alkanes of at least 4 members (excludes halogenated alkanes) is 2. The van der Waals surface area contributed by atoms with Crippen LogP contribution in [0.25, 0.3) is 0 Å². The lowest BCUT2D eigenvalue weighted by Gasteiger charge is -2.25. The lowest BCUT2D eigenvalue weighted by Crippen LogP contribution is -2.30. The number of nitrogens with zero attached hydrogens (tertiary/aromatic N) is 1. The molecule has 0 saturated heterocycles. The third kappa shape index (κ3) is 5.75. The molecule has 1 unspecified atom stereocenters. The predicted octanol–water partition coefficient (Wildman–Crippen LogP) is 5.28. The van der Waals surface area contributed by atoms with Crippen LogP contribution in [-0.4, -0.2) is 16.1 Å². The zero-order chi connectivity index (χ0) is 17.4. The van der Waals surface area contributed by atoms with Gasteiger partial charge in [0.2, 0.25) is 0 Å². The van der Waals surface area contributed by atoms with Crippen molar-refractivity contribution in [2.75, 3.05) is 0 Å². The van der Waals surface area contributed by atoms with Gasteiger partial charge in [-0.1, -0.05) is 49.2 Å². The first-order chi connectivity index (χ1) is 11.5. The zero-order valence-corrected chi connectivity index (χ0v) is 15.6. The molecule has 0 fully saturated rings. The number of hydrogen-bond acceptors (Lipinski definition) is 2. The Morgan fingerprint density at radius 2 is 1.83 bits per heavy atom. The maximum atomic E-state index is 11.7. The van der Waals surface area contributed by atoms with Crippen LogP contribution < -0.4 is 0 Å². The summed E-state index contributed by atoms with van der Waals surface area (Å²) in [4.78, 5) is 16.2. The highest BCUT2D eigenvalue weighted by Gasteiger charge is 2.32. The third-order valence-corrected chi connectivity index (χ3v) is 4.83. The molecule has 0 aliphatic carbocycles. The third-order valence-electron chi connectivity index (χ3n) is 4.39. The Morgan fingerprint density at radius 3 is 2.50 bits per heavy atom. The summed E-state index contributed by atoms with van der Waals surface area (Å²) in [5.74, 6) is -0.708. The second-order valence-corrected chi connectivity index (χ2v) is 7.35. The Balaban J connectivity index is 1.80. The molecule has 1 atom stereocenters. The van der Waals surface area contributed by atoms with E-state index in [1.807, 2.05) is 55.5 Å². The minimum Gasteiger partial charge on any atom is -0.481 e. The van der Waals surface area contributed by atoms with Gasteiger partial charge in [0.05, 0.1) is 5.41 Å². The molecule has 3 nitrogen and oxygen atoms in total. The average Bonchev–Trinajstić information content (AvgIpc) is 2.55. The molecule has 0 amide bonds. The SMILES string of the molecule is CC(CCCCCc1cccc(Br)n1)(Cc1ccccc1)C(=O)O. The van der Waals surface area contributed by atoms with E-state index in [2.05, 4.69) is 20.9 Å². The van der Waals surface area contributed by atoms with Crippen LogP contribution in [0.1, 0.15) is 43.9 Å². The summed E-state index contributed by atoms with van der Waals surface area (Å²) in [6, 6.07) is 15.8. The van der Waals surface area contributed by atoms with E-state index in [1.165, 1.54) is 0 Å². The Kier molecular flexibility index (Phi) is 6.98. The number of benzene rings is 1. The second-order valence-electron chi connectivity index (χ2n) is 6.54. The molecule has 1 aromatic heterocycles. The van der Waals surface area contributed by atoms with Gasteiger partial charge in [0, 0.05) is 5.69 Å². The molecular formula is C20H24BrNO2. The molecule has 1 N–H and O–H groups in total. The molecule has 2 rings (SSSR count). The smallest absolute Gasteiger partial charge is 0.309 e. The number of pyridine rings is 1.